The molecule has 0 fully saturated rings. The van der Waals surface area contributed by atoms with Crippen molar-refractivity contribution in [2.24, 2.45) is 5.73 Å². The molecule has 1 unspecified atom stereocenters. The lowest BCUT2D eigenvalue weighted by Gasteiger charge is -2.24. The van der Waals surface area contributed by atoms with Crippen LogP contribution in [0.3, 0.4) is 0 Å². The van der Waals surface area contributed by atoms with E-state index in [-0.39, 0.29) is 11.4 Å². The van der Waals surface area contributed by atoms with Gasteiger partial charge in [0.25, 0.3) is 0 Å². The number of anilines is 1. The fraction of sp³-hybridized carbons (Fsp3) is 0.462. The number of amides is 1. The number of hydrogen-bond acceptors (Lipinski definition) is 3. The maximum absolute atomic E-state index is 11.5. The first-order valence-corrected chi connectivity index (χ1v) is 5.89. The molecule has 1 aromatic carbocycles. The summed E-state index contributed by atoms with van der Waals surface area (Å²) in [5.74, 6) is 0.697. The van der Waals surface area contributed by atoms with E-state index in [0.29, 0.717) is 18.8 Å². The van der Waals surface area contributed by atoms with Gasteiger partial charge in [0.2, 0.25) is 5.91 Å². The van der Waals surface area contributed by atoms with Gasteiger partial charge >= 0.3 is 0 Å². The quantitative estimate of drug-likeness (QED) is 0.822. The second-order valence-electron chi connectivity index (χ2n) is 4.63. The summed E-state index contributed by atoms with van der Waals surface area (Å²) in [6, 6.07) is 5.74. The van der Waals surface area contributed by atoms with Crippen LogP contribution in [0.1, 0.15) is 32.3 Å². The van der Waals surface area contributed by atoms with Crippen molar-refractivity contribution in [3.05, 3.63) is 23.8 Å². The molecule has 0 aliphatic carbocycles. The molecule has 17 heavy (non-hydrogen) atoms. The van der Waals surface area contributed by atoms with Crippen molar-refractivity contribution in [2.75, 3.05) is 11.9 Å². The summed E-state index contributed by atoms with van der Waals surface area (Å²) in [7, 11) is 0. The van der Waals surface area contributed by atoms with Crippen LogP contribution in [-0.4, -0.2) is 12.5 Å². The monoisotopic (exact) mass is 234 g/mol. The Hall–Kier alpha value is -1.55. The lowest BCUT2D eigenvalue weighted by Crippen LogP contribution is -2.32. The second-order valence-corrected chi connectivity index (χ2v) is 4.63. The molecule has 0 saturated heterocycles. The molecule has 1 heterocycles. The van der Waals surface area contributed by atoms with E-state index in [0.717, 1.165) is 17.7 Å². The van der Waals surface area contributed by atoms with Crippen LogP contribution in [-0.2, 0) is 10.3 Å². The lowest BCUT2D eigenvalue weighted by molar-refractivity contribution is -0.116. The molecule has 1 aromatic rings. The van der Waals surface area contributed by atoms with Gasteiger partial charge in [0.15, 0.2) is 0 Å². The SMILES string of the molecule is CCC(C)(N)c1ccc2c(c1)NC(=O)CCO2. The molecule has 4 nitrogen and oxygen atoms in total. The number of carbonyl (C=O) groups is 1. The van der Waals surface area contributed by atoms with E-state index in [2.05, 4.69) is 5.32 Å². The number of nitrogens with two attached hydrogens (primary N) is 1. The van der Waals surface area contributed by atoms with Crippen LogP contribution in [0.25, 0.3) is 0 Å². The van der Waals surface area contributed by atoms with Crippen molar-refractivity contribution < 1.29 is 9.53 Å². The Morgan fingerprint density at radius 2 is 2.29 bits per heavy atom. The lowest BCUT2D eigenvalue weighted by atomic mass is 9.90. The summed E-state index contributed by atoms with van der Waals surface area (Å²) in [5, 5.41) is 2.84. The van der Waals surface area contributed by atoms with Crippen LogP contribution < -0.4 is 15.8 Å². The Labute approximate surface area is 101 Å². The summed E-state index contributed by atoms with van der Waals surface area (Å²) in [4.78, 5) is 11.5. The van der Waals surface area contributed by atoms with Gasteiger partial charge in [-0.1, -0.05) is 13.0 Å². The van der Waals surface area contributed by atoms with Crippen molar-refractivity contribution in [1.29, 1.82) is 0 Å². The molecule has 1 amide bonds. The molecule has 1 aliphatic rings. The fourth-order valence-corrected chi connectivity index (χ4v) is 1.78. The van der Waals surface area contributed by atoms with E-state index < -0.39 is 0 Å². The Morgan fingerprint density at radius 1 is 1.53 bits per heavy atom. The molecule has 1 atom stereocenters. The molecule has 4 heteroatoms. The van der Waals surface area contributed by atoms with Gasteiger partial charge in [-0.25, -0.2) is 0 Å². The largest absolute Gasteiger partial charge is 0.491 e. The first kappa shape index (κ1) is 11.9. The third-order valence-corrected chi connectivity index (χ3v) is 3.23. The molecule has 0 radical (unpaired) electrons. The van der Waals surface area contributed by atoms with Gasteiger partial charge in [-0.2, -0.15) is 0 Å². The zero-order chi connectivity index (χ0) is 12.5. The third kappa shape index (κ3) is 2.42. The molecule has 92 valence electrons. The van der Waals surface area contributed by atoms with Crippen LogP contribution in [0.15, 0.2) is 18.2 Å². The number of benzene rings is 1. The van der Waals surface area contributed by atoms with E-state index in [4.69, 9.17) is 10.5 Å². The highest BCUT2D eigenvalue weighted by Crippen LogP contribution is 2.32. The van der Waals surface area contributed by atoms with Crippen molar-refractivity contribution in [3.63, 3.8) is 0 Å². The maximum Gasteiger partial charge on any atom is 0.227 e. The van der Waals surface area contributed by atoms with Crippen LogP contribution in [0.2, 0.25) is 0 Å². The molecule has 0 aromatic heterocycles. The molecule has 0 bridgehead atoms. The van der Waals surface area contributed by atoms with Gasteiger partial charge in [0, 0.05) is 5.54 Å². The minimum Gasteiger partial charge on any atom is -0.491 e. The Balaban J connectivity index is 2.39. The van der Waals surface area contributed by atoms with Gasteiger partial charge < -0.3 is 15.8 Å². The molecule has 0 saturated carbocycles. The number of nitrogens with one attached hydrogen (secondary N) is 1. The molecular formula is C13H18N2O2. The Morgan fingerprint density at radius 3 is 3.00 bits per heavy atom. The number of hydrogen-bond donors (Lipinski definition) is 2. The summed E-state index contributed by atoms with van der Waals surface area (Å²) >= 11 is 0. The molecule has 0 spiro atoms. The summed E-state index contributed by atoms with van der Waals surface area (Å²) in [6.07, 6.45) is 1.22. The predicted octanol–water partition coefficient (Wildman–Crippen LogP) is 1.99. The molecule has 3 N–H and O–H groups in total. The van der Waals surface area contributed by atoms with Gasteiger partial charge in [0.05, 0.1) is 18.7 Å². The molecule has 2 rings (SSSR count). The first-order valence-electron chi connectivity index (χ1n) is 5.89. The fourth-order valence-electron chi connectivity index (χ4n) is 1.78. The third-order valence-electron chi connectivity index (χ3n) is 3.23. The predicted molar refractivity (Wildman–Crippen MR) is 67.0 cm³/mol. The van der Waals surface area contributed by atoms with Gasteiger partial charge in [-0.15, -0.1) is 0 Å². The Kier molecular flexibility index (Phi) is 3.07. The van der Waals surface area contributed by atoms with Crippen molar-refractivity contribution in [3.8, 4) is 5.75 Å². The average molecular weight is 234 g/mol. The second kappa shape index (κ2) is 4.37. The highest BCUT2D eigenvalue weighted by molar-refractivity contribution is 5.93. The minimum absolute atomic E-state index is 0.0175. The number of fused-ring (bicyclic) bond motifs is 1. The van der Waals surface area contributed by atoms with Crippen molar-refractivity contribution >= 4 is 11.6 Å². The van der Waals surface area contributed by atoms with Crippen molar-refractivity contribution in [2.45, 2.75) is 32.2 Å². The van der Waals surface area contributed by atoms with E-state index in [9.17, 15) is 4.79 Å². The molecular weight excluding hydrogens is 216 g/mol. The minimum atomic E-state index is -0.383. The number of carbonyl (C=O) groups excluding carboxylic acids is 1. The Bertz CT molecular complexity index is 441. The van der Waals surface area contributed by atoms with Crippen LogP contribution in [0, 0.1) is 0 Å². The summed E-state index contributed by atoms with van der Waals surface area (Å²) < 4.78 is 5.50. The molecule has 1 aliphatic heterocycles. The smallest absolute Gasteiger partial charge is 0.227 e. The summed E-state index contributed by atoms with van der Waals surface area (Å²) in [5.41, 5.74) is 7.53. The maximum atomic E-state index is 11.5. The number of rotatable bonds is 2. The van der Waals surface area contributed by atoms with Crippen LogP contribution in [0.4, 0.5) is 5.69 Å². The van der Waals surface area contributed by atoms with Gasteiger partial charge in [-0.3, -0.25) is 4.79 Å². The number of ether oxygens (including phenoxy) is 1. The zero-order valence-electron chi connectivity index (χ0n) is 10.2. The highest BCUT2D eigenvalue weighted by Gasteiger charge is 2.21. The normalized spacial score (nSPS) is 18.4. The van der Waals surface area contributed by atoms with Crippen LogP contribution >= 0.6 is 0 Å². The van der Waals surface area contributed by atoms with E-state index in [1.807, 2.05) is 32.0 Å². The summed E-state index contributed by atoms with van der Waals surface area (Å²) in [6.45, 7) is 4.45. The van der Waals surface area contributed by atoms with Gasteiger partial charge in [-0.05, 0) is 31.0 Å². The van der Waals surface area contributed by atoms with E-state index >= 15 is 0 Å². The standard InChI is InChI=1S/C13H18N2O2/c1-3-13(2,14)9-4-5-11-10(8-9)15-12(16)6-7-17-11/h4-5,8H,3,6-7,14H2,1-2H3,(H,15,16). The highest BCUT2D eigenvalue weighted by atomic mass is 16.5. The van der Waals surface area contributed by atoms with E-state index in [1.165, 1.54) is 0 Å². The average Bonchev–Trinajstić information content (AvgIpc) is 2.48. The zero-order valence-corrected chi connectivity index (χ0v) is 10.2. The van der Waals surface area contributed by atoms with Gasteiger partial charge in [0.1, 0.15) is 5.75 Å². The topological polar surface area (TPSA) is 64.3 Å². The van der Waals surface area contributed by atoms with Crippen molar-refractivity contribution in [1.82, 2.24) is 0 Å². The van der Waals surface area contributed by atoms with Crippen LogP contribution in [0.5, 0.6) is 5.75 Å². The first-order chi connectivity index (χ1) is 8.03. The van der Waals surface area contributed by atoms with E-state index in [1.54, 1.807) is 0 Å².